The summed E-state index contributed by atoms with van der Waals surface area (Å²) in [6, 6.07) is 7.83. The molecule has 7 N–H and O–H groups in total. The molecule has 0 amide bonds. The maximum Gasteiger partial charge on any atom is 0.110 e. The molecule has 1 aromatic carbocycles. The van der Waals surface area contributed by atoms with E-state index in [9.17, 15) is 10.2 Å². The van der Waals surface area contributed by atoms with Crippen molar-refractivity contribution in [3.8, 4) is 0 Å². The predicted octanol–water partition coefficient (Wildman–Crippen LogP) is 1.93. The number of hydrogen-bond acceptors (Lipinski definition) is 7. The molecule has 0 spiro atoms. The number of ether oxygens (including phenoxy) is 1. The fraction of sp³-hybridized carbons (Fsp3) is 0.435. The van der Waals surface area contributed by atoms with Crippen LogP contribution in [-0.2, 0) is 16.9 Å². The van der Waals surface area contributed by atoms with Crippen LogP contribution in [0.3, 0.4) is 0 Å². The predicted molar refractivity (Wildman–Crippen MR) is 122 cm³/mol. The van der Waals surface area contributed by atoms with E-state index in [0.717, 1.165) is 60.1 Å². The molecular weight excluding hydrogens is 394 g/mol. The Hall–Kier alpha value is -2.65. The number of nitrogens with one attached hydrogen (secondary N) is 1. The molecule has 1 fully saturated rings. The van der Waals surface area contributed by atoms with Gasteiger partial charge < -0.3 is 30.7 Å². The summed E-state index contributed by atoms with van der Waals surface area (Å²) in [5.41, 5.74) is 12.9. The SMILES string of the molecule is C/C(N)=C(/NN)c1cnc2c3ccc(C(C)(O)CO)cc3n(CC3CCOCC3)c2c1. The number of nitrogens with two attached hydrogens (primary N) is 2. The molecule has 1 atom stereocenters. The minimum absolute atomic E-state index is 0.354. The van der Waals surface area contributed by atoms with Crippen molar-refractivity contribution >= 4 is 27.6 Å². The Kier molecular flexibility index (Phi) is 5.90. The molecular formula is C23H31N5O3. The van der Waals surface area contributed by atoms with Crippen LogP contribution in [0.15, 0.2) is 36.2 Å². The molecule has 2 aromatic heterocycles. The Morgan fingerprint density at radius 3 is 2.68 bits per heavy atom. The molecule has 166 valence electrons. The minimum Gasteiger partial charge on any atom is -0.401 e. The van der Waals surface area contributed by atoms with Gasteiger partial charge >= 0.3 is 0 Å². The molecule has 1 saturated heterocycles. The molecule has 8 nitrogen and oxygen atoms in total. The van der Waals surface area contributed by atoms with Crippen LogP contribution in [0.25, 0.3) is 27.6 Å². The lowest BCUT2D eigenvalue weighted by Gasteiger charge is -2.24. The quantitative estimate of drug-likeness (QED) is 0.301. The van der Waals surface area contributed by atoms with Gasteiger partial charge in [-0.2, -0.15) is 0 Å². The van der Waals surface area contributed by atoms with E-state index in [1.807, 2.05) is 18.2 Å². The first-order valence-corrected chi connectivity index (χ1v) is 10.6. The largest absolute Gasteiger partial charge is 0.401 e. The van der Waals surface area contributed by atoms with Gasteiger partial charge in [0.1, 0.15) is 5.60 Å². The van der Waals surface area contributed by atoms with Crippen LogP contribution in [0.2, 0.25) is 0 Å². The van der Waals surface area contributed by atoms with Crippen molar-refractivity contribution in [1.82, 2.24) is 15.0 Å². The highest BCUT2D eigenvalue weighted by Gasteiger charge is 2.25. The van der Waals surface area contributed by atoms with Gasteiger partial charge in [0.15, 0.2) is 0 Å². The van der Waals surface area contributed by atoms with Crippen LogP contribution in [-0.4, -0.2) is 39.6 Å². The van der Waals surface area contributed by atoms with E-state index in [1.54, 1.807) is 20.0 Å². The van der Waals surface area contributed by atoms with E-state index >= 15 is 0 Å². The van der Waals surface area contributed by atoms with Crippen molar-refractivity contribution < 1.29 is 14.9 Å². The summed E-state index contributed by atoms with van der Waals surface area (Å²) in [5, 5.41) is 21.3. The van der Waals surface area contributed by atoms with E-state index < -0.39 is 5.60 Å². The smallest absolute Gasteiger partial charge is 0.110 e. The zero-order valence-electron chi connectivity index (χ0n) is 18.1. The van der Waals surface area contributed by atoms with Crippen LogP contribution in [0.4, 0.5) is 0 Å². The second-order valence-electron chi connectivity index (χ2n) is 8.62. The van der Waals surface area contributed by atoms with Crippen molar-refractivity contribution in [2.75, 3.05) is 19.8 Å². The van der Waals surface area contributed by atoms with Crippen molar-refractivity contribution in [3.05, 3.63) is 47.3 Å². The van der Waals surface area contributed by atoms with Gasteiger partial charge in [-0.15, -0.1) is 0 Å². The number of aliphatic hydroxyl groups excluding tert-OH is 1. The van der Waals surface area contributed by atoms with Crippen molar-refractivity contribution in [1.29, 1.82) is 0 Å². The highest BCUT2D eigenvalue weighted by molar-refractivity contribution is 6.06. The zero-order chi connectivity index (χ0) is 22.2. The summed E-state index contributed by atoms with van der Waals surface area (Å²) in [6.07, 6.45) is 3.77. The third-order valence-corrected chi connectivity index (χ3v) is 6.24. The lowest BCUT2D eigenvalue weighted by atomic mass is 9.96. The third-order valence-electron chi connectivity index (χ3n) is 6.24. The van der Waals surface area contributed by atoms with Crippen LogP contribution in [0, 0.1) is 5.92 Å². The van der Waals surface area contributed by atoms with Gasteiger partial charge in [-0.3, -0.25) is 10.8 Å². The molecule has 1 aliphatic rings. The van der Waals surface area contributed by atoms with Crippen LogP contribution in [0.1, 0.15) is 37.8 Å². The van der Waals surface area contributed by atoms with Gasteiger partial charge in [-0.05, 0) is 50.3 Å². The number of nitrogens with zero attached hydrogens (tertiary/aromatic N) is 2. The van der Waals surface area contributed by atoms with Gasteiger partial charge in [-0.1, -0.05) is 12.1 Å². The fourth-order valence-electron chi connectivity index (χ4n) is 4.32. The summed E-state index contributed by atoms with van der Waals surface area (Å²) < 4.78 is 7.80. The van der Waals surface area contributed by atoms with Gasteiger partial charge in [0.2, 0.25) is 0 Å². The molecule has 1 unspecified atom stereocenters. The van der Waals surface area contributed by atoms with Crippen molar-refractivity contribution in [2.24, 2.45) is 17.5 Å². The summed E-state index contributed by atoms with van der Waals surface area (Å²) in [7, 11) is 0. The lowest BCUT2D eigenvalue weighted by Crippen LogP contribution is -2.25. The molecule has 8 heteroatoms. The number of benzene rings is 1. The maximum absolute atomic E-state index is 10.6. The molecule has 0 bridgehead atoms. The van der Waals surface area contributed by atoms with Crippen LogP contribution >= 0.6 is 0 Å². The van der Waals surface area contributed by atoms with Gasteiger partial charge in [0.25, 0.3) is 0 Å². The Morgan fingerprint density at radius 1 is 1.29 bits per heavy atom. The molecule has 0 radical (unpaired) electrons. The normalized spacial score (nSPS) is 18.2. The van der Waals surface area contributed by atoms with Gasteiger partial charge in [-0.25, -0.2) is 0 Å². The number of aromatic nitrogens is 2. The van der Waals surface area contributed by atoms with Crippen molar-refractivity contribution in [2.45, 2.75) is 38.8 Å². The van der Waals surface area contributed by atoms with E-state index in [0.29, 0.717) is 22.9 Å². The molecule has 1 aliphatic heterocycles. The first kappa shape index (κ1) is 21.6. The highest BCUT2D eigenvalue weighted by Crippen LogP contribution is 2.34. The number of aliphatic hydroxyl groups is 2. The number of fused-ring (bicyclic) bond motifs is 3. The Balaban J connectivity index is 1.94. The average molecular weight is 426 g/mol. The number of allylic oxidation sites excluding steroid dienone is 1. The minimum atomic E-state index is -1.32. The van der Waals surface area contributed by atoms with Crippen molar-refractivity contribution in [3.63, 3.8) is 0 Å². The summed E-state index contributed by atoms with van der Waals surface area (Å²) >= 11 is 0. The molecule has 3 aromatic rings. The molecule has 0 aliphatic carbocycles. The number of rotatable bonds is 6. The number of hydrogen-bond donors (Lipinski definition) is 5. The second kappa shape index (κ2) is 8.47. The van der Waals surface area contributed by atoms with E-state index in [1.165, 1.54) is 0 Å². The van der Waals surface area contributed by atoms with E-state index in [-0.39, 0.29) is 6.61 Å². The molecule has 0 saturated carbocycles. The Morgan fingerprint density at radius 2 is 2.03 bits per heavy atom. The summed E-state index contributed by atoms with van der Waals surface area (Å²) in [6.45, 7) is 5.41. The summed E-state index contributed by atoms with van der Waals surface area (Å²) in [4.78, 5) is 4.74. The molecule has 4 rings (SSSR count). The Labute approximate surface area is 181 Å². The molecule has 31 heavy (non-hydrogen) atoms. The number of hydrazine groups is 1. The van der Waals surface area contributed by atoms with Crippen LogP contribution in [0.5, 0.6) is 0 Å². The van der Waals surface area contributed by atoms with Gasteiger partial charge in [0.05, 0.1) is 28.9 Å². The Bertz CT molecular complexity index is 1130. The number of pyridine rings is 1. The van der Waals surface area contributed by atoms with E-state index in [2.05, 4.69) is 16.1 Å². The topological polar surface area (TPSA) is 132 Å². The second-order valence-corrected chi connectivity index (χ2v) is 8.62. The zero-order valence-corrected chi connectivity index (χ0v) is 18.1. The first-order valence-electron chi connectivity index (χ1n) is 10.6. The standard InChI is InChI=1S/C23H31N5O3/c1-14(24)21(27-25)16-9-20-22(26-11-16)18-4-3-17(23(2,30)13-29)10-19(18)28(20)12-15-5-7-31-8-6-15/h3-4,9-11,15,27,29-30H,5-8,12-13,24-25H2,1-2H3/b21-14-. The third kappa shape index (κ3) is 3.99. The summed E-state index contributed by atoms with van der Waals surface area (Å²) in [5.74, 6) is 6.19. The first-order chi connectivity index (χ1) is 14.9. The van der Waals surface area contributed by atoms with Crippen LogP contribution < -0.4 is 17.0 Å². The van der Waals surface area contributed by atoms with E-state index in [4.69, 9.17) is 21.3 Å². The average Bonchev–Trinajstić information content (AvgIpc) is 3.07. The fourth-order valence-corrected chi connectivity index (χ4v) is 4.32. The monoisotopic (exact) mass is 425 g/mol. The lowest BCUT2D eigenvalue weighted by molar-refractivity contribution is -0.00219. The van der Waals surface area contributed by atoms with Gasteiger partial charge in [0, 0.05) is 42.6 Å². The highest BCUT2D eigenvalue weighted by atomic mass is 16.5. The maximum atomic E-state index is 10.6. The molecule has 3 heterocycles.